The Morgan fingerprint density at radius 1 is 1.22 bits per heavy atom. The second-order valence-corrected chi connectivity index (χ2v) is 5.49. The quantitative estimate of drug-likeness (QED) is 0.845. The van der Waals surface area contributed by atoms with Gasteiger partial charge in [0.2, 0.25) is 0 Å². The van der Waals surface area contributed by atoms with Crippen molar-refractivity contribution in [2.24, 2.45) is 5.92 Å². The van der Waals surface area contributed by atoms with Gasteiger partial charge in [0.25, 0.3) is 0 Å². The fraction of sp³-hybridized carbons (Fsp3) is 0.571. The summed E-state index contributed by atoms with van der Waals surface area (Å²) >= 11 is 3.19. The number of rotatable bonds is 6. The predicted octanol–water partition coefficient (Wildman–Crippen LogP) is 3.29. The molecule has 4 heteroatoms. The van der Waals surface area contributed by atoms with Crippen LogP contribution in [-0.4, -0.2) is 22.4 Å². The first kappa shape index (κ1) is 15.6. The van der Waals surface area contributed by atoms with Crippen LogP contribution < -0.4 is 0 Å². The molecule has 0 fully saturated rings. The highest BCUT2D eigenvalue weighted by Crippen LogP contribution is 2.21. The molecule has 1 aromatic carbocycles. The van der Waals surface area contributed by atoms with E-state index in [-0.39, 0.29) is 18.2 Å². The lowest BCUT2D eigenvalue weighted by molar-refractivity contribution is -0.0191. The molecule has 0 amide bonds. The maximum atomic E-state index is 13.6. The van der Waals surface area contributed by atoms with Gasteiger partial charge < -0.3 is 10.2 Å². The first-order valence-electron chi connectivity index (χ1n) is 6.29. The molecule has 2 unspecified atom stereocenters. The predicted molar refractivity (Wildman–Crippen MR) is 73.9 cm³/mol. The zero-order valence-corrected chi connectivity index (χ0v) is 12.3. The number of hydrogen-bond acceptors (Lipinski definition) is 2. The van der Waals surface area contributed by atoms with Gasteiger partial charge in [0, 0.05) is 10.9 Å². The molecule has 0 spiro atoms. The third kappa shape index (κ3) is 4.04. The van der Waals surface area contributed by atoms with Gasteiger partial charge in [-0.05, 0) is 23.6 Å². The Kier molecular flexibility index (Phi) is 6.26. The summed E-state index contributed by atoms with van der Waals surface area (Å²) in [6.45, 7) is 3.95. The van der Waals surface area contributed by atoms with E-state index in [1.165, 1.54) is 6.07 Å². The molecule has 0 aliphatic rings. The second-order valence-electron chi connectivity index (χ2n) is 4.57. The fourth-order valence-corrected chi connectivity index (χ4v) is 2.45. The van der Waals surface area contributed by atoms with E-state index < -0.39 is 12.2 Å². The van der Waals surface area contributed by atoms with Crippen molar-refractivity contribution in [2.75, 3.05) is 0 Å². The van der Waals surface area contributed by atoms with E-state index in [2.05, 4.69) is 15.9 Å². The molecule has 2 N–H and O–H groups in total. The highest BCUT2D eigenvalue weighted by molar-refractivity contribution is 9.10. The number of hydrogen-bond donors (Lipinski definition) is 2. The molecule has 0 aliphatic carbocycles. The van der Waals surface area contributed by atoms with E-state index in [4.69, 9.17) is 0 Å². The highest BCUT2D eigenvalue weighted by Gasteiger charge is 2.24. The zero-order chi connectivity index (χ0) is 13.7. The van der Waals surface area contributed by atoms with Gasteiger partial charge in [0.15, 0.2) is 0 Å². The minimum Gasteiger partial charge on any atom is -0.390 e. The molecule has 18 heavy (non-hydrogen) atoms. The summed E-state index contributed by atoms with van der Waals surface area (Å²) in [7, 11) is 0. The SMILES string of the molecule is CCC(CC)C(O)C(O)Cc1ccc(Br)cc1F. The molecule has 0 heterocycles. The van der Waals surface area contributed by atoms with Crippen molar-refractivity contribution in [3.05, 3.63) is 34.1 Å². The van der Waals surface area contributed by atoms with Crippen LogP contribution in [0.15, 0.2) is 22.7 Å². The lowest BCUT2D eigenvalue weighted by Gasteiger charge is -2.25. The summed E-state index contributed by atoms with van der Waals surface area (Å²) in [5.41, 5.74) is 0.427. The zero-order valence-electron chi connectivity index (χ0n) is 10.7. The van der Waals surface area contributed by atoms with Crippen LogP contribution in [0.25, 0.3) is 0 Å². The Morgan fingerprint density at radius 2 is 1.83 bits per heavy atom. The summed E-state index contributed by atoms with van der Waals surface area (Å²) in [4.78, 5) is 0. The Bertz CT molecular complexity index is 380. The Balaban J connectivity index is 2.71. The molecular weight excluding hydrogens is 299 g/mol. The Morgan fingerprint density at radius 3 is 2.33 bits per heavy atom. The molecule has 2 nitrogen and oxygen atoms in total. The summed E-state index contributed by atoms with van der Waals surface area (Å²) in [6.07, 6.45) is 0.0138. The Hall–Kier alpha value is -0.450. The first-order valence-corrected chi connectivity index (χ1v) is 7.08. The molecule has 102 valence electrons. The number of halogens is 2. The third-order valence-corrected chi connectivity index (χ3v) is 3.86. The van der Waals surface area contributed by atoms with Gasteiger partial charge in [0.1, 0.15) is 5.82 Å². The topological polar surface area (TPSA) is 40.5 Å². The van der Waals surface area contributed by atoms with E-state index in [0.29, 0.717) is 10.0 Å². The third-order valence-electron chi connectivity index (χ3n) is 3.37. The highest BCUT2D eigenvalue weighted by atomic mass is 79.9. The molecule has 0 aromatic heterocycles. The van der Waals surface area contributed by atoms with E-state index in [0.717, 1.165) is 12.8 Å². The smallest absolute Gasteiger partial charge is 0.127 e. The molecule has 0 saturated carbocycles. The summed E-state index contributed by atoms with van der Waals surface area (Å²) in [5, 5.41) is 20.0. The molecule has 0 saturated heterocycles. The largest absolute Gasteiger partial charge is 0.390 e. The fourth-order valence-electron chi connectivity index (χ4n) is 2.12. The average Bonchev–Trinajstić information content (AvgIpc) is 2.34. The van der Waals surface area contributed by atoms with Gasteiger partial charge in [-0.25, -0.2) is 4.39 Å². The number of benzene rings is 1. The summed E-state index contributed by atoms with van der Waals surface area (Å²) in [6, 6.07) is 4.72. The molecule has 0 radical (unpaired) electrons. The van der Waals surface area contributed by atoms with Crippen LogP contribution in [0.2, 0.25) is 0 Å². The van der Waals surface area contributed by atoms with E-state index in [1.807, 2.05) is 13.8 Å². The normalized spacial score (nSPS) is 14.8. The van der Waals surface area contributed by atoms with Crippen molar-refractivity contribution in [1.82, 2.24) is 0 Å². The maximum absolute atomic E-state index is 13.6. The monoisotopic (exact) mass is 318 g/mol. The lowest BCUT2D eigenvalue weighted by Crippen LogP contribution is -2.34. The van der Waals surface area contributed by atoms with Crippen LogP contribution in [0.1, 0.15) is 32.3 Å². The van der Waals surface area contributed by atoms with Crippen LogP contribution >= 0.6 is 15.9 Å². The standard InChI is InChI=1S/C14H20BrFO2/c1-3-9(4-2)14(18)13(17)7-10-5-6-11(15)8-12(10)16/h5-6,8-9,13-14,17-18H,3-4,7H2,1-2H3. The molecular formula is C14H20BrFO2. The van der Waals surface area contributed by atoms with Crippen molar-refractivity contribution in [2.45, 2.75) is 45.3 Å². The second kappa shape index (κ2) is 7.22. The van der Waals surface area contributed by atoms with Crippen LogP contribution in [0.4, 0.5) is 4.39 Å². The number of aliphatic hydroxyl groups is 2. The minimum absolute atomic E-state index is 0.0542. The number of aliphatic hydroxyl groups excluding tert-OH is 2. The lowest BCUT2D eigenvalue weighted by atomic mass is 9.90. The maximum Gasteiger partial charge on any atom is 0.127 e. The van der Waals surface area contributed by atoms with Crippen molar-refractivity contribution in [1.29, 1.82) is 0 Å². The first-order chi connectivity index (χ1) is 8.49. The van der Waals surface area contributed by atoms with Gasteiger partial charge in [0.05, 0.1) is 12.2 Å². The van der Waals surface area contributed by atoms with Crippen molar-refractivity contribution >= 4 is 15.9 Å². The molecule has 1 aromatic rings. The van der Waals surface area contributed by atoms with Crippen molar-refractivity contribution in [3.8, 4) is 0 Å². The molecule has 2 atom stereocenters. The summed E-state index contributed by atoms with van der Waals surface area (Å²) in [5.74, 6) is -0.307. The van der Waals surface area contributed by atoms with Gasteiger partial charge in [-0.15, -0.1) is 0 Å². The van der Waals surface area contributed by atoms with Gasteiger partial charge >= 0.3 is 0 Å². The minimum atomic E-state index is -0.925. The van der Waals surface area contributed by atoms with Crippen LogP contribution in [0, 0.1) is 11.7 Å². The van der Waals surface area contributed by atoms with Crippen LogP contribution in [0.5, 0.6) is 0 Å². The van der Waals surface area contributed by atoms with E-state index in [1.54, 1.807) is 12.1 Å². The molecule has 1 rings (SSSR count). The van der Waals surface area contributed by atoms with E-state index >= 15 is 0 Å². The average molecular weight is 319 g/mol. The van der Waals surface area contributed by atoms with Crippen molar-refractivity contribution in [3.63, 3.8) is 0 Å². The van der Waals surface area contributed by atoms with Crippen LogP contribution in [0.3, 0.4) is 0 Å². The van der Waals surface area contributed by atoms with Crippen LogP contribution in [-0.2, 0) is 6.42 Å². The summed E-state index contributed by atoms with van der Waals surface area (Å²) < 4.78 is 14.3. The molecule has 0 bridgehead atoms. The van der Waals surface area contributed by atoms with Crippen molar-refractivity contribution < 1.29 is 14.6 Å². The Labute approximate surface area is 116 Å². The van der Waals surface area contributed by atoms with Gasteiger partial charge in [-0.1, -0.05) is 48.7 Å². The van der Waals surface area contributed by atoms with Gasteiger partial charge in [-0.3, -0.25) is 0 Å². The molecule has 0 aliphatic heterocycles. The van der Waals surface area contributed by atoms with Gasteiger partial charge in [-0.2, -0.15) is 0 Å². The van der Waals surface area contributed by atoms with E-state index in [9.17, 15) is 14.6 Å².